The molecule has 0 amide bonds. The Kier molecular flexibility index (Phi) is 5.36. The highest BCUT2D eigenvalue weighted by molar-refractivity contribution is 6.20. The number of carbonyl (C=O) groups is 1. The SMILES string of the molecule is O=C(O)CON=C(CCCl)c1ccccc1. The third-order valence-corrected chi connectivity index (χ3v) is 1.99. The lowest BCUT2D eigenvalue weighted by atomic mass is 10.1. The van der Waals surface area contributed by atoms with E-state index in [2.05, 4.69) is 5.16 Å². The normalized spacial score (nSPS) is 11.2. The van der Waals surface area contributed by atoms with Gasteiger partial charge >= 0.3 is 5.97 Å². The molecule has 5 heteroatoms. The van der Waals surface area contributed by atoms with Crippen molar-refractivity contribution in [2.45, 2.75) is 6.42 Å². The number of benzene rings is 1. The van der Waals surface area contributed by atoms with Crippen molar-refractivity contribution in [1.29, 1.82) is 0 Å². The van der Waals surface area contributed by atoms with Gasteiger partial charge in [-0.2, -0.15) is 0 Å². The summed E-state index contributed by atoms with van der Waals surface area (Å²) in [6.45, 7) is -0.446. The lowest BCUT2D eigenvalue weighted by molar-refractivity contribution is -0.142. The molecule has 16 heavy (non-hydrogen) atoms. The molecule has 1 N–H and O–H groups in total. The van der Waals surface area contributed by atoms with Gasteiger partial charge in [0.15, 0.2) is 0 Å². The van der Waals surface area contributed by atoms with Crippen LogP contribution in [0.4, 0.5) is 0 Å². The van der Waals surface area contributed by atoms with E-state index in [0.29, 0.717) is 18.0 Å². The molecule has 0 aromatic heterocycles. The first-order valence-corrected chi connectivity index (χ1v) is 5.29. The van der Waals surface area contributed by atoms with E-state index in [9.17, 15) is 4.79 Å². The molecule has 0 unspecified atom stereocenters. The molecule has 1 aromatic carbocycles. The first-order valence-electron chi connectivity index (χ1n) is 4.76. The Bertz CT molecular complexity index is 365. The van der Waals surface area contributed by atoms with Gasteiger partial charge in [0.2, 0.25) is 6.61 Å². The summed E-state index contributed by atoms with van der Waals surface area (Å²) in [5.41, 5.74) is 1.53. The fourth-order valence-electron chi connectivity index (χ4n) is 1.13. The van der Waals surface area contributed by atoms with Crippen LogP contribution in [-0.2, 0) is 9.63 Å². The lowest BCUT2D eigenvalue weighted by Crippen LogP contribution is -2.07. The third-order valence-electron chi connectivity index (χ3n) is 1.80. The number of halogens is 1. The van der Waals surface area contributed by atoms with Crippen molar-refractivity contribution < 1.29 is 14.7 Å². The molecule has 4 nitrogen and oxygen atoms in total. The first-order chi connectivity index (χ1) is 7.74. The van der Waals surface area contributed by atoms with Crippen LogP contribution >= 0.6 is 11.6 Å². The van der Waals surface area contributed by atoms with Gasteiger partial charge in [-0.25, -0.2) is 4.79 Å². The molecule has 0 aliphatic rings. The zero-order chi connectivity index (χ0) is 11.8. The summed E-state index contributed by atoms with van der Waals surface area (Å²) in [6.07, 6.45) is 0.533. The van der Waals surface area contributed by atoms with Crippen LogP contribution < -0.4 is 0 Å². The summed E-state index contributed by atoms with van der Waals surface area (Å²) in [6, 6.07) is 9.37. The highest BCUT2D eigenvalue weighted by atomic mass is 35.5. The highest BCUT2D eigenvalue weighted by Gasteiger charge is 2.04. The van der Waals surface area contributed by atoms with Crippen molar-refractivity contribution >= 4 is 23.3 Å². The van der Waals surface area contributed by atoms with Gasteiger partial charge < -0.3 is 9.94 Å². The fraction of sp³-hybridized carbons (Fsp3) is 0.273. The Morgan fingerprint density at radius 2 is 2.06 bits per heavy atom. The molecule has 0 saturated carbocycles. The van der Waals surface area contributed by atoms with Crippen LogP contribution in [0.15, 0.2) is 35.5 Å². The number of aliphatic carboxylic acids is 1. The van der Waals surface area contributed by atoms with Gasteiger partial charge in [0.1, 0.15) is 0 Å². The van der Waals surface area contributed by atoms with Crippen molar-refractivity contribution in [1.82, 2.24) is 0 Å². The Labute approximate surface area is 98.5 Å². The van der Waals surface area contributed by atoms with Crippen LogP contribution in [0.25, 0.3) is 0 Å². The maximum atomic E-state index is 10.3. The van der Waals surface area contributed by atoms with Gasteiger partial charge in [-0.15, -0.1) is 11.6 Å². The summed E-state index contributed by atoms with van der Waals surface area (Å²) in [4.78, 5) is 14.9. The summed E-state index contributed by atoms with van der Waals surface area (Å²) in [5, 5.41) is 12.2. The molecule has 0 aliphatic heterocycles. The maximum Gasteiger partial charge on any atom is 0.344 e. The molecule has 1 rings (SSSR count). The summed E-state index contributed by atoms with van der Waals surface area (Å²) < 4.78 is 0. The van der Waals surface area contributed by atoms with Crippen LogP contribution in [0, 0.1) is 0 Å². The van der Waals surface area contributed by atoms with Crippen molar-refractivity contribution in [3.8, 4) is 0 Å². The van der Waals surface area contributed by atoms with Gasteiger partial charge in [0.05, 0.1) is 5.71 Å². The number of rotatable bonds is 6. The van der Waals surface area contributed by atoms with E-state index in [0.717, 1.165) is 5.56 Å². The maximum absolute atomic E-state index is 10.3. The van der Waals surface area contributed by atoms with E-state index in [-0.39, 0.29) is 0 Å². The van der Waals surface area contributed by atoms with Gasteiger partial charge in [0, 0.05) is 12.3 Å². The average molecular weight is 242 g/mol. The number of carboxylic acids is 1. The second kappa shape index (κ2) is 6.85. The van der Waals surface area contributed by atoms with Gasteiger partial charge in [-0.1, -0.05) is 35.5 Å². The molecule has 1 aromatic rings. The summed E-state index contributed by atoms with van der Waals surface area (Å²) in [7, 11) is 0. The third kappa shape index (κ3) is 4.31. The van der Waals surface area contributed by atoms with Crippen LogP contribution in [0.3, 0.4) is 0 Å². The number of alkyl halides is 1. The average Bonchev–Trinajstić information content (AvgIpc) is 2.29. The minimum Gasteiger partial charge on any atom is -0.479 e. The Morgan fingerprint density at radius 1 is 1.38 bits per heavy atom. The Balaban J connectivity index is 2.71. The Morgan fingerprint density at radius 3 is 2.62 bits per heavy atom. The monoisotopic (exact) mass is 241 g/mol. The topological polar surface area (TPSA) is 58.9 Å². The van der Waals surface area contributed by atoms with Gasteiger partial charge in [-0.3, -0.25) is 0 Å². The zero-order valence-corrected chi connectivity index (χ0v) is 9.35. The first kappa shape index (κ1) is 12.5. The van der Waals surface area contributed by atoms with Crippen LogP contribution in [-0.4, -0.2) is 29.3 Å². The number of nitrogens with zero attached hydrogens (tertiary/aromatic N) is 1. The molecule has 0 aliphatic carbocycles. The molecule has 0 radical (unpaired) electrons. The fourth-order valence-corrected chi connectivity index (χ4v) is 1.31. The molecule has 0 heterocycles. The van der Waals surface area contributed by atoms with E-state index in [1.165, 1.54) is 0 Å². The second-order valence-corrected chi connectivity index (χ2v) is 3.39. The second-order valence-electron chi connectivity index (χ2n) is 3.01. The van der Waals surface area contributed by atoms with E-state index in [1.807, 2.05) is 30.3 Å². The quantitative estimate of drug-likeness (QED) is 0.472. The molecular formula is C11H12ClNO3. The molecule has 0 fully saturated rings. The van der Waals surface area contributed by atoms with Crippen molar-refractivity contribution in [2.24, 2.45) is 5.16 Å². The number of hydrogen-bond acceptors (Lipinski definition) is 3. The smallest absolute Gasteiger partial charge is 0.344 e. The van der Waals surface area contributed by atoms with Crippen LogP contribution in [0.1, 0.15) is 12.0 Å². The molecular weight excluding hydrogens is 230 g/mol. The molecule has 0 spiro atoms. The molecule has 0 saturated heterocycles. The van der Waals surface area contributed by atoms with E-state index < -0.39 is 12.6 Å². The van der Waals surface area contributed by atoms with Gasteiger partial charge in [-0.05, 0) is 5.56 Å². The Hall–Kier alpha value is -1.55. The van der Waals surface area contributed by atoms with E-state index in [4.69, 9.17) is 21.5 Å². The van der Waals surface area contributed by atoms with E-state index >= 15 is 0 Å². The summed E-state index contributed by atoms with van der Waals surface area (Å²) in [5.74, 6) is -0.647. The predicted octanol–water partition coefficient (Wildman–Crippen LogP) is 2.12. The minimum atomic E-state index is -1.05. The number of hydrogen-bond donors (Lipinski definition) is 1. The molecule has 0 bridgehead atoms. The van der Waals surface area contributed by atoms with Crippen LogP contribution in [0.5, 0.6) is 0 Å². The minimum absolute atomic E-state index is 0.407. The van der Waals surface area contributed by atoms with Crippen molar-refractivity contribution in [3.63, 3.8) is 0 Å². The predicted molar refractivity (Wildman–Crippen MR) is 61.9 cm³/mol. The number of carboxylic acid groups (broad SMARTS) is 1. The summed E-state index contributed by atoms with van der Waals surface area (Å²) >= 11 is 5.63. The highest BCUT2D eigenvalue weighted by Crippen LogP contribution is 2.06. The lowest BCUT2D eigenvalue weighted by Gasteiger charge is -2.04. The van der Waals surface area contributed by atoms with Crippen molar-refractivity contribution in [3.05, 3.63) is 35.9 Å². The van der Waals surface area contributed by atoms with E-state index in [1.54, 1.807) is 0 Å². The zero-order valence-electron chi connectivity index (χ0n) is 8.60. The molecule has 0 atom stereocenters. The molecule has 86 valence electrons. The van der Waals surface area contributed by atoms with Gasteiger partial charge in [0.25, 0.3) is 0 Å². The van der Waals surface area contributed by atoms with Crippen LogP contribution in [0.2, 0.25) is 0 Å². The standard InChI is InChI=1S/C11H12ClNO3/c12-7-6-10(13-16-8-11(14)15)9-4-2-1-3-5-9/h1-5H,6-8H2,(H,14,15). The number of oxime groups is 1. The van der Waals surface area contributed by atoms with Crippen molar-refractivity contribution in [2.75, 3.05) is 12.5 Å². The largest absolute Gasteiger partial charge is 0.479 e.